The van der Waals surface area contributed by atoms with Crippen LogP contribution in [-0.2, 0) is 0 Å². The Labute approximate surface area is 107 Å². The quantitative estimate of drug-likeness (QED) is 0.713. The lowest BCUT2D eigenvalue weighted by molar-refractivity contribution is 0.479. The Morgan fingerprint density at radius 3 is 2.94 bits per heavy atom. The fourth-order valence-corrected chi connectivity index (χ4v) is 2.37. The van der Waals surface area contributed by atoms with Gasteiger partial charge in [0.25, 0.3) is 0 Å². The van der Waals surface area contributed by atoms with E-state index in [9.17, 15) is 4.39 Å². The van der Waals surface area contributed by atoms with Crippen molar-refractivity contribution in [3.63, 3.8) is 0 Å². The van der Waals surface area contributed by atoms with E-state index in [0.717, 1.165) is 4.70 Å². The molecule has 0 saturated carbocycles. The summed E-state index contributed by atoms with van der Waals surface area (Å²) in [5.74, 6) is 0.552. The summed E-state index contributed by atoms with van der Waals surface area (Å²) < 4.78 is 19.6. The van der Waals surface area contributed by atoms with E-state index in [0.29, 0.717) is 22.7 Å². The van der Waals surface area contributed by atoms with Crippen molar-refractivity contribution in [1.82, 2.24) is 4.98 Å². The summed E-state index contributed by atoms with van der Waals surface area (Å²) in [5.41, 5.74) is 8.89. The third kappa shape index (κ3) is 1.89. The molecule has 0 aliphatic rings. The van der Waals surface area contributed by atoms with Crippen LogP contribution < -0.4 is 10.5 Å². The van der Waals surface area contributed by atoms with Crippen LogP contribution in [0.1, 0.15) is 0 Å². The predicted octanol–water partition coefficient (Wildman–Crippen LogP) is 3.81. The highest BCUT2D eigenvalue weighted by Crippen LogP contribution is 2.34. The molecule has 0 spiro atoms. The first-order valence-corrected chi connectivity index (χ1v) is 6.17. The second-order valence-electron chi connectivity index (χ2n) is 3.74. The predicted molar refractivity (Wildman–Crippen MR) is 70.5 cm³/mol. The molecule has 1 heterocycles. The van der Waals surface area contributed by atoms with Crippen LogP contribution in [0.5, 0.6) is 11.5 Å². The van der Waals surface area contributed by atoms with E-state index in [2.05, 4.69) is 4.98 Å². The first-order valence-electron chi connectivity index (χ1n) is 5.29. The Morgan fingerprint density at radius 1 is 1.22 bits per heavy atom. The molecule has 0 amide bonds. The summed E-state index contributed by atoms with van der Waals surface area (Å²) in [5, 5.41) is 0. The molecule has 2 aromatic carbocycles. The van der Waals surface area contributed by atoms with Crippen molar-refractivity contribution in [1.29, 1.82) is 0 Å². The number of ether oxygens (including phenoxy) is 1. The van der Waals surface area contributed by atoms with Gasteiger partial charge < -0.3 is 10.5 Å². The third-order valence-corrected chi connectivity index (χ3v) is 3.32. The largest absolute Gasteiger partial charge is 0.455 e. The molecule has 0 aliphatic carbocycles. The molecule has 3 rings (SSSR count). The molecule has 0 radical (unpaired) electrons. The highest BCUT2D eigenvalue weighted by atomic mass is 32.1. The minimum atomic E-state index is -0.346. The summed E-state index contributed by atoms with van der Waals surface area (Å²) in [4.78, 5) is 4.18. The highest BCUT2D eigenvalue weighted by Gasteiger charge is 2.09. The number of aromatic nitrogens is 1. The number of hydrogen-bond acceptors (Lipinski definition) is 4. The zero-order valence-corrected chi connectivity index (χ0v) is 10.1. The van der Waals surface area contributed by atoms with Crippen molar-refractivity contribution >= 4 is 27.2 Å². The van der Waals surface area contributed by atoms with Crippen LogP contribution in [0.4, 0.5) is 10.1 Å². The number of hydrogen-bond donors (Lipinski definition) is 1. The summed E-state index contributed by atoms with van der Waals surface area (Å²) in [6.07, 6.45) is 0. The lowest BCUT2D eigenvalue weighted by atomic mass is 10.2. The number of halogens is 1. The van der Waals surface area contributed by atoms with Crippen molar-refractivity contribution < 1.29 is 9.13 Å². The number of benzene rings is 2. The van der Waals surface area contributed by atoms with Gasteiger partial charge >= 0.3 is 0 Å². The molecule has 0 aliphatic heterocycles. The fraction of sp³-hybridized carbons (Fsp3) is 0. The molecular weight excluding hydrogens is 251 g/mol. The van der Waals surface area contributed by atoms with E-state index in [1.807, 2.05) is 6.07 Å². The molecule has 0 unspecified atom stereocenters. The summed E-state index contributed by atoms with van der Waals surface area (Å²) in [6, 6.07) is 9.58. The second-order valence-corrected chi connectivity index (χ2v) is 4.62. The average Bonchev–Trinajstić information content (AvgIpc) is 2.82. The Bertz CT molecular complexity index is 711. The van der Waals surface area contributed by atoms with Crippen molar-refractivity contribution in [3.8, 4) is 11.5 Å². The summed E-state index contributed by atoms with van der Waals surface area (Å²) >= 11 is 1.51. The van der Waals surface area contributed by atoms with Gasteiger partial charge in [-0.3, -0.25) is 0 Å². The van der Waals surface area contributed by atoms with Crippen molar-refractivity contribution in [2.24, 2.45) is 0 Å². The lowest BCUT2D eigenvalue weighted by Crippen LogP contribution is -1.93. The molecular formula is C13H9FN2OS. The van der Waals surface area contributed by atoms with Gasteiger partial charge in [-0.25, -0.2) is 9.37 Å². The highest BCUT2D eigenvalue weighted by molar-refractivity contribution is 7.16. The first kappa shape index (κ1) is 11.0. The first-order chi connectivity index (χ1) is 8.74. The van der Waals surface area contributed by atoms with Crippen LogP contribution in [0.3, 0.4) is 0 Å². The van der Waals surface area contributed by atoms with Crippen LogP contribution in [0, 0.1) is 5.82 Å². The normalized spacial score (nSPS) is 10.7. The van der Waals surface area contributed by atoms with Gasteiger partial charge in [-0.1, -0.05) is 6.07 Å². The molecule has 0 atom stereocenters. The number of nitrogens with two attached hydrogens (primary N) is 1. The average molecular weight is 260 g/mol. The smallest absolute Gasteiger partial charge is 0.152 e. The molecule has 0 saturated heterocycles. The maximum Gasteiger partial charge on any atom is 0.152 e. The van der Waals surface area contributed by atoms with Gasteiger partial charge in [0.1, 0.15) is 22.8 Å². The van der Waals surface area contributed by atoms with E-state index in [1.54, 1.807) is 23.7 Å². The number of rotatable bonds is 2. The van der Waals surface area contributed by atoms with Gasteiger partial charge in [-0.05, 0) is 24.3 Å². The molecule has 1 aromatic heterocycles. The molecule has 2 N–H and O–H groups in total. The van der Waals surface area contributed by atoms with E-state index < -0.39 is 0 Å². The van der Waals surface area contributed by atoms with Gasteiger partial charge in [-0.2, -0.15) is 0 Å². The number of anilines is 1. The number of thiazole rings is 1. The van der Waals surface area contributed by atoms with Crippen molar-refractivity contribution in [2.45, 2.75) is 0 Å². The molecule has 3 aromatic rings. The molecule has 0 fully saturated rings. The topological polar surface area (TPSA) is 48.1 Å². The number of nitrogens with zero attached hydrogens (tertiary/aromatic N) is 1. The maximum atomic E-state index is 13.1. The molecule has 18 heavy (non-hydrogen) atoms. The number of fused-ring (bicyclic) bond motifs is 1. The summed E-state index contributed by atoms with van der Waals surface area (Å²) in [6.45, 7) is 0. The monoisotopic (exact) mass is 260 g/mol. The van der Waals surface area contributed by atoms with Gasteiger partial charge in [-0.15, -0.1) is 11.3 Å². The van der Waals surface area contributed by atoms with E-state index in [-0.39, 0.29) is 5.82 Å². The van der Waals surface area contributed by atoms with E-state index in [4.69, 9.17) is 10.5 Å². The van der Waals surface area contributed by atoms with Crippen LogP contribution >= 0.6 is 11.3 Å². The van der Waals surface area contributed by atoms with Crippen LogP contribution in [0.2, 0.25) is 0 Å². The van der Waals surface area contributed by atoms with Gasteiger partial charge in [0.15, 0.2) is 5.75 Å². The minimum Gasteiger partial charge on any atom is -0.455 e. The standard InChI is InChI=1S/C13H9FN2OS/c14-8-2-1-3-9(6-8)17-10-4-5-11-13(12(10)15)16-7-18-11/h1-7H,15H2. The Hall–Kier alpha value is -2.14. The Morgan fingerprint density at radius 2 is 2.11 bits per heavy atom. The van der Waals surface area contributed by atoms with Crippen LogP contribution in [-0.4, -0.2) is 4.98 Å². The minimum absolute atomic E-state index is 0.346. The van der Waals surface area contributed by atoms with Gasteiger partial charge in [0.2, 0.25) is 0 Å². The molecule has 3 nitrogen and oxygen atoms in total. The lowest BCUT2D eigenvalue weighted by Gasteiger charge is -2.08. The van der Waals surface area contributed by atoms with Gasteiger partial charge in [0.05, 0.1) is 10.2 Å². The van der Waals surface area contributed by atoms with Crippen molar-refractivity contribution in [2.75, 3.05) is 5.73 Å². The zero-order valence-electron chi connectivity index (χ0n) is 9.26. The molecule has 5 heteroatoms. The number of nitrogen functional groups attached to an aromatic ring is 1. The van der Waals surface area contributed by atoms with Crippen molar-refractivity contribution in [3.05, 3.63) is 47.7 Å². The summed E-state index contributed by atoms with van der Waals surface area (Å²) in [7, 11) is 0. The fourth-order valence-electron chi connectivity index (χ4n) is 1.68. The second kappa shape index (κ2) is 4.27. The Kier molecular flexibility index (Phi) is 2.60. The van der Waals surface area contributed by atoms with Crippen LogP contribution in [0.15, 0.2) is 41.9 Å². The molecule has 90 valence electrons. The SMILES string of the molecule is Nc1c(Oc2cccc(F)c2)ccc2scnc12. The zero-order chi connectivity index (χ0) is 12.5. The van der Waals surface area contributed by atoms with E-state index >= 15 is 0 Å². The van der Waals surface area contributed by atoms with Crippen LogP contribution in [0.25, 0.3) is 10.2 Å². The third-order valence-electron chi connectivity index (χ3n) is 2.53. The maximum absolute atomic E-state index is 13.1. The molecule has 0 bridgehead atoms. The van der Waals surface area contributed by atoms with E-state index in [1.165, 1.54) is 23.5 Å². The Balaban J connectivity index is 2.02. The van der Waals surface area contributed by atoms with Gasteiger partial charge in [0, 0.05) is 6.07 Å².